The van der Waals surface area contributed by atoms with E-state index in [4.69, 9.17) is 9.84 Å². The van der Waals surface area contributed by atoms with Crippen LogP contribution in [-0.2, 0) is 6.42 Å². The highest BCUT2D eigenvalue weighted by atomic mass is 16.5. The Balaban J connectivity index is 1.51. The molecule has 4 heteroatoms. The second-order valence-corrected chi connectivity index (χ2v) is 8.47. The third kappa shape index (κ3) is 2.16. The first-order chi connectivity index (χ1) is 13.3. The van der Waals surface area contributed by atoms with E-state index < -0.39 is 0 Å². The van der Waals surface area contributed by atoms with E-state index in [1.54, 1.807) is 0 Å². The molecule has 1 fully saturated rings. The van der Waals surface area contributed by atoms with E-state index in [1.807, 2.05) is 0 Å². The number of nitrogens with zero attached hydrogens (tertiary/aromatic N) is 3. The summed E-state index contributed by atoms with van der Waals surface area (Å²) in [5, 5.41) is 7.65. The largest absolute Gasteiger partial charge is 0.466 e. The van der Waals surface area contributed by atoms with Gasteiger partial charge in [-0.1, -0.05) is 42.5 Å². The maximum absolute atomic E-state index is 6.71. The summed E-state index contributed by atoms with van der Waals surface area (Å²) in [4.78, 5) is 2.40. The average molecular weight is 359 g/mol. The van der Waals surface area contributed by atoms with Crippen molar-refractivity contribution in [3.63, 3.8) is 0 Å². The molecule has 0 saturated carbocycles. The molecule has 0 unspecified atom stereocenters. The van der Waals surface area contributed by atoms with Crippen molar-refractivity contribution >= 4 is 5.71 Å². The van der Waals surface area contributed by atoms with Crippen LogP contribution in [0.5, 0.6) is 5.75 Å². The van der Waals surface area contributed by atoms with Gasteiger partial charge in [0.05, 0.1) is 11.8 Å². The molecule has 2 atom stereocenters. The Morgan fingerprint density at radius 1 is 1.04 bits per heavy atom. The lowest BCUT2D eigenvalue weighted by Crippen LogP contribution is -2.59. The minimum atomic E-state index is -0.301. The van der Waals surface area contributed by atoms with E-state index in [1.165, 1.54) is 28.8 Å². The average Bonchev–Trinajstić information content (AvgIpc) is 3.12. The second kappa shape index (κ2) is 5.59. The highest BCUT2D eigenvalue weighted by molar-refractivity contribution is 6.05. The molecule has 6 rings (SSSR count). The van der Waals surface area contributed by atoms with Crippen molar-refractivity contribution < 1.29 is 4.74 Å². The van der Waals surface area contributed by atoms with Gasteiger partial charge in [0.15, 0.2) is 0 Å². The Morgan fingerprint density at radius 2 is 1.81 bits per heavy atom. The Kier molecular flexibility index (Phi) is 3.25. The van der Waals surface area contributed by atoms with Gasteiger partial charge < -0.3 is 9.64 Å². The molecule has 1 spiro atoms. The molecule has 1 saturated heterocycles. The van der Waals surface area contributed by atoms with Crippen LogP contribution in [-0.4, -0.2) is 41.5 Å². The fraction of sp³-hybridized carbons (Fsp3) is 0.435. The summed E-state index contributed by atoms with van der Waals surface area (Å²) in [5.41, 5.74) is 5.08. The molecule has 3 aliphatic heterocycles. The van der Waals surface area contributed by atoms with Crippen molar-refractivity contribution in [3.8, 4) is 5.75 Å². The molecule has 0 bridgehead atoms. The van der Waals surface area contributed by atoms with Crippen LogP contribution < -0.4 is 4.74 Å². The molecule has 2 aromatic rings. The van der Waals surface area contributed by atoms with Crippen LogP contribution >= 0.6 is 0 Å². The summed E-state index contributed by atoms with van der Waals surface area (Å²) in [6.45, 7) is 2.11. The van der Waals surface area contributed by atoms with Gasteiger partial charge in [-0.05, 0) is 31.5 Å². The summed E-state index contributed by atoms with van der Waals surface area (Å²) >= 11 is 0. The molecule has 2 aromatic carbocycles. The van der Waals surface area contributed by atoms with Crippen LogP contribution in [0.1, 0.15) is 42.0 Å². The molecule has 3 heterocycles. The van der Waals surface area contributed by atoms with Gasteiger partial charge in [0.1, 0.15) is 5.75 Å². The van der Waals surface area contributed by atoms with E-state index in [0.29, 0.717) is 12.0 Å². The van der Waals surface area contributed by atoms with Crippen LogP contribution in [0.15, 0.2) is 53.6 Å². The highest BCUT2D eigenvalue weighted by Crippen LogP contribution is 2.54. The summed E-state index contributed by atoms with van der Waals surface area (Å²) in [6, 6.07) is 17.8. The van der Waals surface area contributed by atoms with Crippen LogP contribution in [0.4, 0.5) is 0 Å². The van der Waals surface area contributed by atoms with Crippen LogP contribution in [0.3, 0.4) is 0 Å². The number of para-hydroxylation sites is 1. The minimum Gasteiger partial charge on any atom is -0.466 e. The van der Waals surface area contributed by atoms with Gasteiger partial charge in [0, 0.05) is 43.0 Å². The third-order valence-corrected chi connectivity index (χ3v) is 6.95. The molecule has 1 aliphatic carbocycles. The fourth-order valence-electron chi connectivity index (χ4n) is 5.48. The smallest absolute Gasteiger partial charge is 0.200 e. The zero-order valence-electron chi connectivity index (χ0n) is 15.8. The van der Waals surface area contributed by atoms with Crippen LogP contribution in [0.25, 0.3) is 0 Å². The number of likely N-dealkylation sites (tertiary alicyclic amines) is 1. The fourth-order valence-corrected chi connectivity index (χ4v) is 5.48. The van der Waals surface area contributed by atoms with Crippen LogP contribution in [0, 0.1) is 5.92 Å². The van der Waals surface area contributed by atoms with Gasteiger partial charge >= 0.3 is 0 Å². The lowest BCUT2D eigenvalue weighted by atomic mass is 9.76. The topological polar surface area (TPSA) is 28.1 Å². The van der Waals surface area contributed by atoms with Gasteiger partial charge in [0.25, 0.3) is 0 Å². The highest BCUT2D eigenvalue weighted by Gasteiger charge is 2.55. The first-order valence-corrected chi connectivity index (χ1v) is 10.2. The number of ether oxygens (including phenoxy) is 1. The standard InChI is InChI=1S/C23H25N3O/c1-25-14-12-23(13-15-25)26-22(18-8-4-5-9-20(18)27-23)19-11-10-16-6-2-3-7-17(16)21(19)24-26/h2-9,19,22H,10-15H2,1H3/t19-,22-/m0/s1. The number of hydrogen-bond acceptors (Lipinski definition) is 4. The Morgan fingerprint density at radius 3 is 2.70 bits per heavy atom. The van der Waals surface area contributed by atoms with Gasteiger partial charge in [-0.15, -0.1) is 0 Å². The van der Waals surface area contributed by atoms with E-state index in [-0.39, 0.29) is 5.72 Å². The number of hydrazone groups is 1. The van der Waals surface area contributed by atoms with Gasteiger partial charge in [-0.2, -0.15) is 5.10 Å². The first kappa shape index (κ1) is 15.7. The van der Waals surface area contributed by atoms with Crippen molar-refractivity contribution in [3.05, 3.63) is 65.2 Å². The molecule has 138 valence electrons. The zero-order chi connectivity index (χ0) is 18.0. The normalized spacial score (nSPS) is 27.9. The zero-order valence-corrected chi connectivity index (χ0v) is 15.8. The molecular formula is C23H25N3O. The van der Waals surface area contributed by atoms with Gasteiger partial charge in [-0.25, -0.2) is 5.01 Å². The Labute approximate surface area is 160 Å². The minimum absolute atomic E-state index is 0.301. The summed E-state index contributed by atoms with van der Waals surface area (Å²) in [7, 11) is 2.20. The van der Waals surface area contributed by atoms with Crippen molar-refractivity contribution in [2.45, 2.75) is 37.5 Å². The molecule has 27 heavy (non-hydrogen) atoms. The molecular weight excluding hydrogens is 334 g/mol. The van der Waals surface area contributed by atoms with E-state index in [2.05, 4.69) is 65.5 Å². The van der Waals surface area contributed by atoms with Crippen molar-refractivity contribution in [1.29, 1.82) is 0 Å². The summed E-state index contributed by atoms with van der Waals surface area (Å²) in [6.07, 6.45) is 4.31. The first-order valence-electron chi connectivity index (χ1n) is 10.2. The number of hydrogen-bond donors (Lipinski definition) is 0. The van der Waals surface area contributed by atoms with Gasteiger partial charge in [0.2, 0.25) is 5.72 Å². The maximum atomic E-state index is 6.71. The third-order valence-electron chi connectivity index (χ3n) is 6.95. The molecule has 4 aliphatic rings. The van der Waals surface area contributed by atoms with E-state index >= 15 is 0 Å². The van der Waals surface area contributed by atoms with Gasteiger partial charge in [-0.3, -0.25) is 0 Å². The summed E-state index contributed by atoms with van der Waals surface area (Å²) < 4.78 is 6.71. The number of aryl methyl sites for hydroxylation is 1. The quantitative estimate of drug-likeness (QED) is 0.716. The number of benzene rings is 2. The molecule has 0 radical (unpaired) electrons. The predicted molar refractivity (Wildman–Crippen MR) is 106 cm³/mol. The molecule has 0 amide bonds. The maximum Gasteiger partial charge on any atom is 0.200 e. The SMILES string of the molecule is CN1CCC2(CC1)Oc1ccccc1[C@H]1[C@H]3CCc4ccccc4C3=NN12. The Hall–Kier alpha value is -2.33. The number of piperidine rings is 1. The molecule has 0 N–H and O–H groups in total. The van der Waals surface area contributed by atoms with Crippen molar-refractivity contribution in [1.82, 2.24) is 9.91 Å². The van der Waals surface area contributed by atoms with Crippen molar-refractivity contribution in [2.75, 3.05) is 20.1 Å². The second-order valence-electron chi connectivity index (χ2n) is 8.47. The predicted octanol–water partition coefficient (Wildman–Crippen LogP) is 3.82. The Bertz CT molecular complexity index is 929. The van der Waals surface area contributed by atoms with E-state index in [9.17, 15) is 0 Å². The monoisotopic (exact) mass is 359 g/mol. The van der Waals surface area contributed by atoms with Crippen LogP contribution in [0.2, 0.25) is 0 Å². The molecule has 4 nitrogen and oxygen atoms in total. The number of rotatable bonds is 0. The molecule has 0 aromatic heterocycles. The number of fused-ring (bicyclic) bond motifs is 8. The lowest BCUT2D eigenvalue weighted by molar-refractivity contribution is -0.153. The van der Waals surface area contributed by atoms with Crippen molar-refractivity contribution in [2.24, 2.45) is 11.0 Å². The lowest BCUT2D eigenvalue weighted by Gasteiger charge is -2.51. The summed E-state index contributed by atoms with van der Waals surface area (Å²) in [5.74, 6) is 1.53. The van der Waals surface area contributed by atoms with E-state index in [0.717, 1.165) is 38.1 Å².